The van der Waals surface area contributed by atoms with Gasteiger partial charge in [0.2, 0.25) is 11.8 Å². The van der Waals surface area contributed by atoms with Crippen molar-refractivity contribution >= 4 is 17.5 Å². The monoisotopic (exact) mass is 520 g/mol. The van der Waals surface area contributed by atoms with Crippen LogP contribution in [0.4, 0.5) is 0 Å². The van der Waals surface area contributed by atoms with Gasteiger partial charge in [-0.25, -0.2) is 4.98 Å². The van der Waals surface area contributed by atoms with Gasteiger partial charge < -0.3 is 10.5 Å². The fourth-order valence-electron chi connectivity index (χ4n) is 4.34. The Kier molecular flexibility index (Phi) is 13.4. The van der Waals surface area contributed by atoms with Crippen LogP contribution < -0.4 is 5.73 Å². The number of aromatic nitrogens is 2. The number of nitrogens with two attached hydrogens (primary N) is 1. The fraction of sp³-hybridized carbons (Fsp3) is 0.484. The van der Waals surface area contributed by atoms with Crippen LogP contribution in [0, 0.1) is 11.8 Å². The standard InChI is InChI=1S/C31H44N4O3/c1-23(20-24(2)29(38-5)21-27-13-9-7-10-14-27)16-17-28(26(4)31(32)37)34-25(3)12-8-6-11-15-30(36)35-19-18-33-22-35/h7,9-10,13-14,16-20,22,24,26,28-29H,6,8,11-12,15,21H2,1-5H3,(H2,32,37)/t24-,26-,28?,29-/m0/s1. The number of nitrogens with zero attached hydrogens (tertiary/aromatic N) is 3. The Balaban J connectivity index is 1.93. The number of allylic oxidation sites excluding steroid dienone is 2. The molecule has 7 nitrogen and oxygen atoms in total. The third-order valence-electron chi connectivity index (χ3n) is 6.80. The van der Waals surface area contributed by atoms with Crippen LogP contribution >= 0.6 is 0 Å². The molecule has 0 aliphatic carbocycles. The predicted octanol–water partition coefficient (Wildman–Crippen LogP) is 5.82. The maximum absolute atomic E-state index is 12.1. The van der Waals surface area contributed by atoms with Crippen LogP contribution in [0.1, 0.15) is 70.2 Å². The Morgan fingerprint density at radius 3 is 2.45 bits per heavy atom. The third kappa shape index (κ3) is 11.0. The number of hydrogen-bond acceptors (Lipinski definition) is 5. The zero-order valence-corrected chi connectivity index (χ0v) is 23.5. The normalized spacial score (nSPS) is 15.8. The van der Waals surface area contributed by atoms with E-state index in [0.29, 0.717) is 6.42 Å². The summed E-state index contributed by atoms with van der Waals surface area (Å²) in [6.45, 7) is 8.01. The quantitative estimate of drug-likeness (QED) is 0.171. The van der Waals surface area contributed by atoms with E-state index in [9.17, 15) is 9.59 Å². The first kappa shape index (κ1) is 30.9. The number of imidazole rings is 1. The molecule has 0 aliphatic rings. The number of methoxy groups -OCH3 is 1. The van der Waals surface area contributed by atoms with Crippen molar-refractivity contribution in [3.8, 4) is 0 Å². The highest BCUT2D eigenvalue weighted by Gasteiger charge is 2.19. The molecular weight excluding hydrogens is 476 g/mol. The van der Waals surface area contributed by atoms with Crippen LogP contribution in [0.3, 0.4) is 0 Å². The number of ether oxygens (including phenoxy) is 1. The molecule has 0 saturated heterocycles. The second-order valence-electron chi connectivity index (χ2n) is 10.1. The summed E-state index contributed by atoms with van der Waals surface area (Å²) in [5.41, 5.74) is 8.94. The summed E-state index contributed by atoms with van der Waals surface area (Å²) in [5.74, 6) is -0.513. The van der Waals surface area contributed by atoms with E-state index in [1.165, 1.54) is 16.5 Å². The minimum atomic E-state index is -0.413. The van der Waals surface area contributed by atoms with Crippen molar-refractivity contribution in [1.29, 1.82) is 0 Å². The summed E-state index contributed by atoms with van der Waals surface area (Å²) >= 11 is 0. The molecule has 206 valence electrons. The number of unbranched alkanes of at least 4 members (excludes halogenated alkanes) is 2. The van der Waals surface area contributed by atoms with E-state index in [2.05, 4.69) is 37.0 Å². The first-order valence-corrected chi connectivity index (χ1v) is 13.5. The molecule has 7 heteroatoms. The first-order chi connectivity index (χ1) is 18.2. The van der Waals surface area contributed by atoms with Crippen molar-refractivity contribution in [3.05, 3.63) is 78.4 Å². The topological polar surface area (TPSA) is 99.6 Å². The lowest BCUT2D eigenvalue weighted by atomic mass is 9.95. The third-order valence-corrected chi connectivity index (χ3v) is 6.80. The number of aliphatic imine (C=N–C) groups is 1. The van der Waals surface area contributed by atoms with E-state index < -0.39 is 5.92 Å². The SMILES string of the molecule is CO[C@@H](Cc1ccccc1)[C@@H](C)C=C(C)C=CC(N=C(C)CCCCCC(=O)n1ccnc1)[C@H](C)C(N)=O. The van der Waals surface area contributed by atoms with Crippen LogP contribution in [0.25, 0.3) is 0 Å². The number of carbonyl (C=O) groups is 2. The maximum Gasteiger partial charge on any atom is 0.231 e. The van der Waals surface area contributed by atoms with Gasteiger partial charge in [0.1, 0.15) is 6.33 Å². The average Bonchev–Trinajstić information content (AvgIpc) is 3.44. The highest BCUT2D eigenvalue weighted by Crippen LogP contribution is 2.18. The summed E-state index contributed by atoms with van der Waals surface area (Å²) in [7, 11) is 1.75. The van der Waals surface area contributed by atoms with Crippen LogP contribution in [-0.4, -0.2) is 46.3 Å². The van der Waals surface area contributed by atoms with Crippen LogP contribution in [0.2, 0.25) is 0 Å². The first-order valence-electron chi connectivity index (χ1n) is 13.5. The van der Waals surface area contributed by atoms with E-state index in [1.807, 2.05) is 44.2 Å². The summed E-state index contributed by atoms with van der Waals surface area (Å²) in [4.78, 5) is 32.7. The van der Waals surface area contributed by atoms with Crippen molar-refractivity contribution in [1.82, 2.24) is 9.55 Å². The van der Waals surface area contributed by atoms with E-state index in [1.54, 1.807) is 19.5 Å². The zero-order valence-electron chi connectivity index (χ0n) is 23.5. The van der Waals surface area contributed by atoms with Gasteiger partial charge in [-0.2, -0.15) is 0 Å². The number of carbonyl (C=O) groups excluding carboxylic acids is 2. The molecular formula is C31H44N4O3. The summed E-state index contributed by atoms with van der Waals surface area (Å²) in [5, 5.41) is 0. The molecule has 1 aromatic heterocycles. The molecule has 1 unspecified atom stereocenters. The van der Waals surface area contributed by atoms with Crippen molar-refractivity contribution in [2.45, 2.75) is 78.4 Å². The second-order valence-corrected chi connectivity index (χ2v) is 10.1. The lowest BCUT2D eigenvalue weighted by Gasteiger charge is -2.21. The van der Waals surface area contributed by atoms with Crippen LogP contribution in [0.15, 0.2) is 77.8 Å². The highest BCUT2D eigenvalue weighted by molar-refractivity contribution is 5.83. The van der Waals surface area contributed by atoms with Gasteiger partial charge in [-0.15, -0.1) is 0 Å². The molecule has 0 saturated carbocycles. The van der Waals surface area contributed by atoms with Crippen LogP contribution in [-0.2, 0) is 16.0 Å². The molecule has 2 rings (SSSR count). The Labute approximate surface area is 227 Å². The minimum Gasteiger partial charge on any atom is -0.381 e. The molecule has 0 fully saturated rings. The lowest BCUT2D eigenvalue weighted by Crippen LogP contribution is -2.29. The molecule has 4 atom stereocenters. The van der Waals surface area contributed by atoms with Gasteiger partial charge in [0, 0.05) is 37.6 Å². The van der Waals surface area contributed by atoms with Crippen molar-refractivity contribution < 1.29 is 14.3 Å². The smallest absolute Gasteiger partial charge is 0.231 e. The van der Waals surface area contributed by atoms with E-state index in [4.69, 9.17) is 15.5 Å². The number of benzene rings is 1. The van der Waals surface area contributed by atoms with Gasteiger partial charge in [-0.05, 0) is 45.1 Å². The predicted molar refractivity (Wildman–Crippen MR) is 154 cm³/mol. The summed E-state index contributed by atoms with van der Waals surface area (Å²) in [6.07, 6.45) is 15.9. The highest BCUT2D eigenvalue weighted by atomic mass is 16.5. The molecule has 0 bridgehead atoms. The Morgan fingerprint density at radius 1 is 1.11 bits per heavy atom. The summed E-state index contributed by atoms with van der Waals surface area (Å²) < 4.78 is 7.30. The minimum absolute atomic E-state index is 0.0583. The molecule has 1 heterocycles. The number of hydrogen-bond donors (Lipinski definition) is 1. The van der Waals surface area contributed by atoms with Crippen molar-refractivity contribution in [2.75, 3.05) is 7.11 Å². The molecule has 2 aromatic rings. The summed E-state index contributed by atoms with van der Waals surface area (Å²) in [6, 6.07) is 10.0. The average molecular weight is 521 g/mol. The van der Waals surface area contributed by atoms with Gasteiger partial charge in [0.05, 0.1) is 18.1 Å². The Hall–Kier alpha value is -3.32. The number of rotatable bonds is 16. The molecule has 0 aliphatic heterocycles. The van der Waals surface area contributed by atoms with E-state index in [0.717, 1.165) is 43.4 Å². The Bertz CT molecular complexity index is 1070. The van der Waals surface area contributed by atoms with Gasteiger partial charge in [-0.3, -0.25) is 19.1 Å². The zero-order chi connectivity index (χ0) is 27.9. The van der Waals surface area contributed by atoms with Gasteiger partial charge in [-0.1, -0.05) is 74.4 Å². The van der Waals surface area contributed by atoms with Crippen molar-refractivity contribution in [3.63, 3.8) is 0 Å². The molecule has 1 amide bonds. The van der Waals surface area contributed by atoms with Crippen molar-refractivity contribution in [2.24, 2.45) is 22.6 Å². The number of amides is 1. The van der Waals surface area contributed by atoms with E-state index in [-0.39, 0.29) is 29.9 Å². The van der Waals surface area contributed by atoms with E-state index >= 15 is 0 Å². The second kappa shape index (κ2) is 16.5. The van der Waals surface area contributed by atoms with Gasteiger partial charge >= 0.3 is 0 Å². The fourth-order valence-corrected chi connectivity index (χ4v) is 4.34. The molecule has 38 heavy (non-hydrogen) atoms. The molecule has 0 spiro atoms. The molecule has 0 radical (unpaired) electrons. The van der Waals surface area contributed by atoms with Gasteiger partial charge in [0.15, 0.2) is 0 Å². The lowest BCUT2D eigenvalue weighted by molar-refractivity contribution is -0.121. The largest absolute Gasteiger partial charge is 0.381 e. The molecule has 1 aromatic carbocycles. The van der Waals surface area contributed by atoms with Gasteiger partial charge in [0.25, 0.3) is 0 Å². The Morgan fingerprint density at radius 2 is 1.82 bits per heavy atom. The van der Waals surface area contributed by atoms with Crippen LogP contribution in [0.5, 0.6) is 0 Å². The maximum atomic E-state index is 12.1. The number of primary amides is 1. The molecule has 2 N–H and O–H groups in total.